The van der Waals surface area contributed by atoms with Gasteiger partial charge in [-0.05, 0) is 55.3 Å². The number of sulfone groups is 1. The van der Waals surface area contributed by atoms with Crippen LogP contribution in [-0.2, 0) is 19.9 Å². The van der Waals surface area contributed by atoms with Crippen LogP contribution in [0.5, 0.6) is 0 Å². The Morgan fingerprint density at radius 1 is 1.07 bits per heavy atom. The first kappa shape index (κ1) is 20.3. The molecule has 1 N–H and O–H groups in total. The number of aryl methyl sites for hydroxylation is 1. The largest absolute Gasteiger partial charge is 0.337 e. The summed E-state index contributed by atoms with van der Waals surface area (Å²) in [6.45, 7) is 2.38. The standard InChI is InChI=1S/C19H22N2O5S2/c1-14-4-3-5-17(12-14)28(25,26)20-16-8-6-15(7-9-16)19(22)21-11-10-18(13-21)27(2,23)24/h3-9,12,18,20H,10-11,13H2,1-2H3. The summed E-state index contributed by atoms with van der Waals surface area (Å²) in [5, 5.41) is -0.531. The minimum absolute atomic E-state index is 0.163. The van der Waals surface area contributed by atoms with E-state index in [1.54, 1.807) is 12.1 Å². The molecule has 0 radical (unpaired) electrons. The van der Waals surface area contributed by atoms with Crippen LogP contribution in [0.1, 0.15) is 22.3 Å². The third-order valence-electron chi connectivity index (χ3n) is 4.72. The molecule has 1 fully saturated rings. The minimum Gasteiger partial charge on any atom is -0.337 e. The average molecular weight is 423 g/mol. The van der Waals surface area contributed by atoms with Crippen molar-refractivity contribution >= 4 is 31.5 Å². The van der Waals surface area contributed by atoms with Gasteiger partial charge in [0.05, 0.1) is 10.1 Å². The van der Waals surface area contributed by atoms with Gasteiger partial charge in [0.25, 0.3) is 15.9 Å². The van der Waals surface area contributed by atoms with Crippen molar-refractivity contribution in [1.29, 1.82) is 0 Å². The van der Waals surface area contributed by atoms with Gasteiger partial charge < -0.3 is 4.90 Å². The van der Waals surface area contributed by atoms with E-state index in [1.165, 1.54) is 41.5 Å². The lowest BCUT2D eigenvalue weighted by Crippen LogP contribution is -2.31. The van der Waals surface area contributed by atoms with E-state index in [4.69, 9.17) is 0 Å². The van der Waals surface area contributed by atoms with Crippen molar-refractivity contribution in [3.8, 4) is 0 Å². The molecule has 28 heavy (non-hydrogen) atoms. The SMILES string of the molecule is Cc1cccc(S(=O)(=O)Nc2ccc(C(=O)N3CCC(S(C)(=O)=O)C3)cc2)c1. The number of anilines is 1. The zero-order valence-electron chi connectivity index (χ0n) is 15.6. The van der Waals surface area contributed by atoms with Gasteiger partial charge in [0.15, 0.2) is 9.84 Å². The maximum absolute atomic E-state index is 12.6. The number of likely N-dealkylation sites (tertiary alicyclic amines) is 1. The number of amides is 1. The lowest BCUT2D eigenvalue weighted by molar-refractivity contribution is 0.0793. The van der Waals surface area contributed by atoms with Crippen LogP contribution in [0.3, 0.4) is 0 Å². The Balaban J connectivity index is 1.71. The molecule has 0 saturated carbocycles. The van der Waals surface area contributed by atoms with Crippen LogP contribution in [0.4, 0.5) is 5.69 Å². The number of sulfonamides is 1. The molecule has 1 unspecified atom stereocenters. The zero-order chi connectivity index (χ0) is 20.5. The summed E-state index contributed by atoms with van der Waals surface area (Å²) in [6, 6.07) is 12.7. The Morgan fingerprint density at radius 2 is 1.75 bits per heavy atom. The van der Waals surface area contributed by atoms with Gasteiger partial charge in [-0.3, -0.25) is 9.52 Å². The van der Waals surface area contributed by atoms with Gasteiger partial charge in [0, 0.05) is 30.6 Å². The fraction of sp³-hybridized carbons (Fsp3) is 0.316. The van der Waals surface area contributed by atoms with Crippen molar-refractivity contribution in [2.75, 3.05) is 24.1 Å². The molecule has 1 aliphatic rings. The lowest BCUT2D eigenvalue weighted by atomic mass is 10.2. The Morgan fingerprint density at radius 3 is 2.32 bits per heavy atom. The van der Waals surface area contributed by atoms with E-state index in [1.807, 2.05) is 13.0 Å². The second-order valence-corrected chi connectivity index (χ2v) is 11.0. The van der Waals surface area contributed by atoms with Crippen LogP contribution >= 0.6 is 0 Å². The fourth-order valence-corrected chi connectivity index (χ4v) is 5.27. The molecular weight excluding hydrogens is 400 g/mol. The van der Waals surface area contributed by atoms with Crippen molar-refractivity contribution in [2.45, 2.75) is 23.5 Å². The molecule has 1 atom stereocenters. The average Bonchev–Trinajstić information content (AvgIpc) is 3.12. The van der Waals surface area contributed by atoms with E-state index in [0.29, 0.717) is 24.2 Å². The number of carbonyl (C=O) groups is 1. The fourth-order valence-electron chi connectivity index (χ4n) is 3.12. The van der Waals surface area contributed by atoms with E-state index in [9.17, 15) is 21.6 Å². The first-order chi connectivity index (χ1) is 13.1. The molecule has 2 aromatic carbocycles. The molecular formula is C19H22N2O5S2. The normalized spacial score (nSPS) is 17.5. The van der Waals surface area contributed by atoms with Crippen molar-refractivity contribution in [2.24, 2.45) is 0 Å². The molecule has 3 rings (SSSR count). The van der Waals surface area contributed by atoms with E-state index in [-0.39, 0.29) is 17.3 Å². The van der Waals surface area contributed by atoms with Crippen LogP contribution in [0.15, 0.2) is 53.4 Å². The number of hydrogen-bond donors (Lipinski definition) is 1. The predicted molar refractivity (Wildman–Crippen MR) is 108 cm³/mol. The summed E-state index contributed by atoms with van der Waals surface area (Å²) in [5.74, 6) is -0.265. The highest BCUT2D eigenvalue weighted by molar-refractivity contribution is 7.92. The van der Waals surface area contributed by atoms with Crippen LogP contribution < -0.4 is 4.72 Å². The Hall–Kier alpha value is -2.39. The quantitative estimate of drug-likeness (QED) is 0.795. The summed E-state index contributed by atoms with van der Waals surface area (Å²) in [7, 11) is -6.90. The monoisotopic (exact) mass is 422 g/mol. The van der Waals surface area contributed by atoms with Gasteiger partial charge in [0.2, 0.25) is 0 Å². The van der Waals surface area contributed by atoms with Crippen molar-refractivity contribution in [3.05, 3.63) is 59.7 Å². The molecule has 7 nitrogen and oxygen atoms in total. The molecule has 0 aliphatic carbocycles. The molecule has 1 heterocycles. The third-order valence-corrected chi connectivity index (χ3v) is 7.70. The molecule has 1 saturated heterocycles. The first-order valence-electron chi connectivity index (χ1n) is 8.74. The van der Waals surface area contributed by atoms with Crippen LogP contribution in [0.2, 0.25) is 0 Å². The van der Waals surface area contributed by atoms with Gasteiger partial charge in [-0.1, -0.05) is 12.1 Å². The highest BCUT2D eigenvalue weighted by atomic mass is 32.2. The van der Waals surface area contributed by atoms with Gasteiger partial charge in [-0.2, -0.15) is 0 Å². The topological polar surface area (TPSA) is 101 Å². The number of rotatable bonds is 5. The molecule has 0 aromatic heterocycles. The number of nitrogens with one attached hydrogen (secondary N) is 1. The highest BCUT2D eigenvalue weighted by Crippen LogP contribution is 2.21. The molecule has 1 aliphatic heterocycles. The van der Waals surface area contributed by atoms with Crippen LogP contribution in [0, 0.1) is 6.92 Å². The van der Waals surface area contributed by atoms with E-state index in [2.05, 4.69) is 4.72 Å². The number of hydrogen-bond acceptors (Lipinski definition) is 5. The molecule has 1 amide bonds. The van der Waals surface area contributed by atoms with E-state index in [0.717, 1.165) is 5.56 Å². The second kappa shape index (κ2) is 7.56. The second-order valence-electron chi connectivity index (χ2n) is 6.99. The van der Waals surface area contributed by atoms with Crippen LogP contribution in [0.25, 0.3) is 0 Å². The first-order valence-corrected chi connectivity index (χ1v) is 12.2. The molecule has 150 valence electrons. The van der Waals surface area contributed by atoms with Gasteiger partial charge in [-0.25, -0.2) is 16.8 Å². The van der Waals surface area contributed by atoms with Gasteiger partial charge >= 0.3 is 0 Å². The summed E-state index contributed by atoms with van der Waals surface area (Å²) >= 11 is 0. The van der Waals surface area contributed by atoms with E-state index < -0.39 is 25.1 Å². The number of benzene rings is 2. The zero-order valence-corrected chi connectivity index (χ0v) is 17.3. The summed E-state index contributed by atoms with van der Waals surface area (Å²) in [6.07, 6.45) is 1.61. The Kier molecular flexibility index (Phi) is 5.49. The van der Waals surface area contributed by atoms with Crippen molar-refractivity contribution in [1.82, 2.24) is 4.90 Å². The van der Waals surface area contributed by atoms with Gasteiger partial charge in [-0.15, -0.1) is 0 Å². The van der Waals surface area contributed by atoms with Crippen molar-refractivity contribution in [3.63, 3.8) is 0 Å². The molecule has 0 spiro atoms. The molecule has 0 bridgehead atoms. The number of nitrogens with zero attached hydrogens (tertiary/aromatic N) is 1. The minimum atomic E-state index is -3.72. The number of carbonyl (C=O) groups excluding carboxylic acids is 1. The van der Waals surface area contributed by atoms with E-state index >= 15 is 0 Å². The Bertz CT molecular complexity index is 1090. The molecule has 9 heteroatoms. The smallest absolute Gasteiger partial charge is 0.261 e. The lowest BCUT2D eigenvalue weighted by Gasteiger charge is -2.16. The highest BCUT2D eigenvalue weighted by Gasteiger charge is 2.32. The summed E-state index contributed by atoms with van der Waals surface area (Å²) in [4.78, 5) is 14.2. The summed E-state index contributed by atoms with van der Waals surface area (Å²) in [5.41, 5.74) is 1.56. The van der Waals surface area contributed by atoms with Gasteiger partial charge in [0.1, 0.15) is 0 Å². The van der Waals surface area contributed by atoms with Crippen LogP contribution in [-0.4, -0.2) is 52.2 Å². The summed E-state index contributed by atoms with van der Waals surface area (Å²) < 4.78 is 50.7. The third kappa shape index (κ3) is 4.53. The maximum atomic E-state index is 12.6. The Labute approximate surface area is 165 Å². The maximum Gasteiger partial charge on any atom is 0.261 e. The van der Waals surface area contributed by atoms with Crippen molar-refractivity contribution < 1.29 is 21.6 Å². The molecule has 2 aromatic rings. The predicted octanol–water partition coefficient (Wildman–Crippen LogP) is 2.05.